The summed E-state index contributed by atoms with van der Waals surface area (Å²) >= 11 is 12.7. The van der Waals surface area contributed by atoms with Crippen LogP contribution in [-0.2, 0) is 4.74 Å². The molecule has 1 aromatic carbocycles. The van der Waals surface area contributed by atoms with Gasteiger partial charge in [0.25, 0.3) is 5.02 Å². The molecule has 0 aromatic heterocycles. The summed E-state index contributed by atoms with van der Waals surface area (Å²) in [4.78, 5) is 11.2. The van der Waals surface area contributed by atoms with Crippen LogP contribution in [0.25, 0.3) is 0 Å². The molecule has 0 aliphatic heterocycles. The van der Waals surface area contributed by atoms with E-state index in [0.717, 1.165) is 3.57 Å². The number of carbonyl (C=O) groups excluding carboxylic acids is 1. The fraction of sp³-hybridized carbons (Fsp3) is 0.125. The zero-order chi connectivity index (χ0) is 9.84. The summed E-state index contributed by atoms with van der Waals surface area (Å²) in [5.74, 6) is -0.522. The molecule has 70 valence electrons. The summed E-state index contributed by atoms with van der Waals surface area (Å²) in [5.41, 5.74) is 0.437. The molecule has 1 aromatic rings. The van der Waals surface area contributed by atoms with Crippen molar-refractivity contribution < 1.29 is 9.53 Å². The van der Waals surface area contributed by atoms with Crippen molar-refractivity contribution in [3.8, 4) is 0 Å². The smallest absolute Gasteiger partial charge is 0.340 e. The molecule has 2 nitrogen and oxygen atoms in total. The van der Waals surface area contributed by atoms with Gasteiger partial charge in [0.15, 0.2) is 0 Å². The van der Waals surface area contributed by atoms with E-state index in [1.165, 1.54) is 0 Å². The first-order chi connectivity index (χ1) is 6.09. The van der Waals surface area contributed by atoms with E-state index in [0.29, 0.717) is 5.56 Å². The Morgan fingerprint density at radius 1 is 1.31 bits per heavy atom. The Hall–Kier alpha value is -0.000000000000000111. The average Bonchev–Trinajstić information content (AvgIpc) is 2.04. The molecule has 13 heavy (non-hydrogen) atoms. The fourth-order valence-corrected chi connectivity index (χ4v) is 1.26. The van der Waals surface area contributed by atoms with E-state index in [9.17, 15) is 4.79 Å². The topological polar surface area (TPSA) is 26.3 Å². The second-order valence-corrected chi connectivity index (χ2v) is 4.43. The first-order valence-corrected chi connectivity index (χ1v) is 5.29. The Balaban J connectivity index is 2.72. The van der Waals surface area contributed by atoms with Crippen molar-refractivity contribution in [1.29, 1.82) is 0 Å². The van der Waals surface area contributed by atoms with Gasteiger partial charge in [-0.15, -0.1) is 0 Å². The van der Waals surface area contributed by atoms with E-state index < -0.39 is 11.0 Å². The van der Waals surface area contributed by atoms with Gasteiger partial charge in [-0.25, -0.2) is 4.79 Å². The van der Waals surface area contributed by atoms with E-state index in [1.807, 2.05) is 0 Å². The van der Waals surface area contributed by atoms with E-state index in [1.54, 1.807) is 24.3 Å². The zero-order valence-electron chi connectivity index (χ0n) is 6.34. The molecule has 0 aliphatic rings. The van der Waals surface area contributed by atoms with Crippen LogP contribution in [-0.4, -0.2) is 11.0 Å². The van der Waals surface area contributed by atoms with Crippen molar-refractivity contribution in [3.63, 3.8) is 0 Å². The lowest BCUT2D eigenvalue weighted by Gasteiger charge is -2.03. The summed E-state index contributed by atoms with van der Waals surface area (Å²) in [6, 6.07) is 6.91. The molecule has 0 aliphatic carbocycles. The summed E-state index contributed by atoms with van der Waals surface area (Å²) in [7, 11) is 0. The predicted octanol–water partition coefficient (Wildman–Crippen LogP) is 3.21. The minimum absolute atomic E-state index is 0.437. The van der Waals surface area contributed by atoms with Crippen LogP contribution in [0.15, 0.2) is 24.3 Å². The zero-order valence-corrected chi connectivity index (χ0v) is 10.0. The highest BCUT2D eigenvalue weighted by molar-refractivity contribution is 14.1. The number of esters is 1. The van der Waals surface area contributed by atoms with E-state index in [2.05, 4.69) is 27.3 Å². The lowest BCUT2D eigenvalue weighted by molar-refractivity contribution is 0.0536. The Kier molecular flexibility index (Phi) is 4.28. The molecule has 0 saturated carbocycles. The van der Waals surface area contributed by atoms with Crippen LogP contribution in [0.2, 0.25) is 0 Å². The normalized spacial score (nSPS) is 10.2. The highest BCUT2D eigenvalue weighted by atomic mass is 127. The highest BCUT2D eigenvalue weighted by Gasteiger charge is 2.10. The maximum absolute atomic E-state index is 11.2. The van der Waals surface area contributed by atoms with E-state index in [-0.39, 0.29) is 0 Å². The van der Waals surface area contributed by atoms with Crippen molar-refractivity contribution in [1.82, 2.24) is 0 Å². The summed E-state index contributed by atoms with van der Waals surface area (Å²) < 4.78 is 5.61. The Labute approximate surface area is 99.3 Å². The molecule has 0 bridgehead atoms. The van der Waals surface area contributed by atoms with Crippen molar-refractivity contribution in [3.05, 3.63) is 33.4 Å². The van der Waals surface area contributed by atoms with Gasteiger partial charge in [0.2, 0.25) is 0 Å². The maximum Gasteiger partial charge on any atom is 0.340 e. The summed E-state index contributed by atoms with van der Waals surface area (Å²) in [6.45, 7) is 0. The summed E-state index contributed by atoms with van der Waals surface area (Å²) in [5, 5.41) is -1.12. The van der Waals surface area contributed by atoms with Crippen molar-refractivity contribution >= 4 is 51.8 Å². The number of halogens is 3. The first kappa shape index (κ1) is 11.1. The molecule has 5 heteroatoms. The highest BCUT2D eigenvalue weighted by Crippen LogP contribution is 2.11. The number of alkyl halides is 2. The molecule has 0 fully saturated rings. The third kappa shape index (κ3) is 3.70. The van der Waals surface area contributed by atoms with Crippen molar-refractivity contribution in [2.75, 3.05) is 0 Å². The quantitative estimate of drug-likeness (QED) is 0.473. The van der Waals surface area contributed by atoms with E-state index in [4.69, 9.17) is 23.2 Å². The summed E-state index contributed by atoms with van der Waals surface area (Å²) in [6.07, 6.45) is 0. The molecule has 0 spiro atoms. The SMILES string of the molecule is O=C(OC(Cl)Cl)c1ccc(I)cc1. The van der Waals surface area contributed by atoms with Gasteiger partial charge in [-0.1, -0.05) is 23.2 Å². The number of hydrogen-bond donors (Lipinski definition) is 0. The number of carbonyl (C=O) groups is 1. The monoisotopic (exact) mass is 330 g/mol. The molecule has 0 amide bonds. The van der Waals surface area contributed by atoms with Crippen LogP contribution in [0.4, 0.5) is 0 Å². The van der Waals surface area contributed by atoms with Gasteiger partial charge in [0.1, 0.15) is 0 Å². The Morgan fingerprint density at radius 2 is 1.85 bits per heavy atom. The largest absolute Gasteiger partial charge is 0.428 e. The number of rotatable bonds is 2. The standard InChI is InChI=1S/C8H5Cl2IO2/c9-8(10)13-7(12)5-1-3-6(11)4-2-5/h1-4,8H. The van der Waals surface area contributed by atoms with Crippen LogP contribution in [0.5, 0.6) is 0 Å². The van der Waals surface area contributed by atoms with Crippen LogP contribution < -0.4 is 0 Å². The Bertz CT molecular complexity index is 298. The van der Waals surface area contributed by atoms with Gasteiger partial charge in [-0.2, -0.15) is 0 Å². The minimum atomic E-state index is -1.12. The molecule has 1 rings (SSSR count). The minimum Gasteiger partial charge on any atom is -0.428 e. The third-order valence-electron chi connectivity index (χ3n) is 1.28. The second kappa shape index (κ2) is 5.02. The van der Waals surface area contributed by atoms with Gasteiger partial charge in [0.05, 0.1) is 5.56 Å². The third-order valence-corrected chi connectivity index (χ3v) is 2.17. The molecular formula is C8H5Cl2IO2. The van der Waals surface area contributed by atoms with Gasteiger partial charge >= 0.3 is 5.97 Å². The molecule has 0 atom stereocenters. The molecule has 0 radical (unpaired) electrons. The number of ether oxygens (including phenoxy) is 1. The van der Waals surface area contributed by atoms with Crippen molar-refractivity contribution in [2.24, 2.45) is 0 Å². The first-order valence-electron chi connectivity index (χ1n) is 3.34. The van der Waals surface area contributed by atoms with Gasteiger partial charge in [-0.3, -0.25) is 0 Å². The number of benzene rings is 1. The fourth-order valence-electron chi connectivity index (χ4n) is 0.735. The predicted molar refractivity (Wildman–Crippen MR) is 60.1 cm³/mol. The molecule has 0 saturated heterocycles. The second-order valence-electron chi connectivity index (χ2n) is 2.17. The number of hydrogen-bond acceptors (Lipinski definition) is 2. The van der Waals surface area contributed by atoms with Crippen LogP contribution in [0.1, 0.15) is 10.4 Å². The van der Waals surface area contributed by atoms with Gasteiger partial charge in [-0.05, 0) is 46.9 Å². The lowest BCUT2D eigenvalue weighted by atomic mass is 10.2. The van der Waals surface area contributed by atoms with Gasteiger partial charge in [0, 0.05) is 3.57 Å². The van der Waals surface area contributed by atoms with Gasteiger partial charge < -0.3 is 4.74 Å². The molecule has 0 unspecified atom stereocenters. The average molecular weight is 331 g/mol. The lowest BCUT2D eigenvalue weighted by Crippen LogP contribution is -2.07. The molecule has 0 heterocycles. The molecular weight excluding hydrogens is 326 g/mol. The van der Waals surface area contributed by atoms with E-state index >= 15 is 0 Å². The maximum atomic E-state index is 11.2. The Morgan fingerprint density at radius 3 is 2.31 bits per heavy atom. The van der Waals surface area contributed by atoms with Crippen molar-refractivity contribution in [2.45, 2.75) is 5.02 Å². The van der Waals surface area contributed by atoms with Crippen LogP contribution in [0.3, 0.4) is 0 Å². The van der Waals surface area contributed by atoms with Crippen LogP contribution >= 0.6 is 45.8 Å². The molecule has 0 N–H and O–H groups in total. The van der Waals surface area contributed by atoms with Crippen LogP contribution in [0, 0.1) is 3.57 Å².